The third-order valence-electron chi connectivity index (χ3n) is 4.24. The fourth-order valence-electron chi connectivity index (χ4n) is 2.66. The second-order valence-electron chi connectivity index (χ2n) is 6.19. The summed E-state index contributed by atoms with van der Waals surface area (Å²) in [6.45, 7) is 2.79. The van der Waals surface area contributed by atoms with E-state index in [1.165, 1.54) is 0 Å². The molecule has 0 aliphatic rings. The van der Waals surface area contributed by atoms with Crippen molar-refractivity contribution in [3.05, 3.63) is 101 Å². The van der Waals surface area contributed by atoms with Crippen LogP contribution in [0.15, 0.2) is 72.9 Å². The number of carbonyl (C=O) groups excluding carboxylic acids is 2. The molecule has 2 amide bonds. The Bertz CT molecular complexity index is 939. The largest absolute Gasteiger partial charge is 0.348 e. The first kappa shape index (κ1) is 18.3. The second kappa shape index (κ2) is 8.76. The summed E-state index contributed by atoms with van der Waals surface area (Å²) in [5.74, 6) is -0.452. The van der Waals surface area contributed by atoms with Crippen molar-refractivity contribution in [3.8, 4) is 0 Å². The highest BCUT2D eigenvalue weighted by Gasteiger charge is 2.11. The smallest absolute Gasteiger partial charge is 0.251 e. The van der Waals surface area contributed by atoms with E-state index >= 15 is 0 Å². The summed E-state index contributed by atoms with van der Waals surface area (Å²) < 4.78 is 0. The molecule has 0 spiro atoms. The number of hydrogen-bond donors (Lipinski definition) is 2. The number of nitrogens with zero attached hydrogens (tertiary/aromatic N) is 1. The first-order valence-corrected chi connectivity index (χ1v) is 8.74. The molecule has 0 saturated carbocycles. The predicted molar refractivity (Wildman–Crippen MR) is 104 cm³/mol. The average molecular weight is 359 g/mol. The zero-order chi connectivity index (χ0) is 19.1. The van der Waals surface area contributed by atoms with Crippen LogP contribution < -0.4 is 10.6 Å². The first-order valence-electron chi connectivity index (χ1n) is 8.74. The molecule has 0 unspecified atom stereocenters. The van der Waals surface area contributed by atoms with Crippen LogP contribution in [0.5, 0.6) is 0 Å². The Morgan fingerprint density at radius 3 is 2.15 bits per heavy atom. The molecule has 2 N–H and O–H groups in total. The lowest BCUT2D eigenvalue weighted by molar-refractivity contribution is 0.0950. The van der Waals surface area contributed by atoms with E-state index in [1.807, 2.05) is 49.4 Å². The zero-order valence-corrected chi connectivity index (χ0v) is 15.1. The minimum Gasteiger partial charge on any atom is -0.348 e. The summed E-state index contributed by atoms with van der Waals surface area (Å²) in [5.41, 5.74) is 3.86. The molecule has 0 radical (unpaired) electrons. The first-order chi connectivity index (χ1) is 13.1. The van der Waals surface area contributed by atoms with E-state index < -0.39 is 0 Å². The molecule has 1 heterocycles. The van der Waals surface area contributed by atoms with E-state index in [-0.39, 0.29) is 11.8 Å². The number of aromatic nitrogens is 1. The molecule has 136 valence electrons. The highest BCUT2D eigenvalue weighted by molar-refractivity contribution is 5.99. The van der Waals surface area contributed by atoms with E-state index in [0.29, 0.717) is 24.2 Å². The number of hydrogen-bond acceptors (Lipinski definition) is 3. The normalized spacial score (nSPS) is 10.3. The van der Waals surface area contributed by atoms with Crippen molar-refractivity contribution in [2.75, 3.05) is 0 Å². The van der Waals surface area contributed by atoms with E-state index in [1.54, 1.807) is 30.5 Å². The van der Waals surface area contributed by atoms with Crippen molar-refractivity contribution in [3.63, 3.8) is 0 Å². The van der Waals surface area contributed by atoms with E-state index in [2.05, 4.69) is 15.6 Å². The summed E-state index contributed by atoms with van der Waals surface area (Å²) in [6, 6.07) is 20.1. The van der Waals surface area contributed by atoms with Crippen LogP contribution in [-0.4, -0.2) is 16.8 Å². The van der Waals surface area contributed by atoms with Crippen molar-refractivity contribution >= 4 is 11.8 Å². The van der Waals surface area contributed by atoms with Gasteiger partial charge in [0.15, 0.2) is 0 Å². The lowest BCUT2D eigenvalue weighted by Crippen LogP contribution is -2.25. The molecule has 0 aliphatic heterocycles. The number of carbonyl (C=O) groups is 2. The van der Waals surface area contributed by atoms with Gasteiger partial charge >= 0.3 is 0 Å². The van der Waals surface area contributed by atoms with E-state index in [0.717, 1.165) is 16.8 Å². The van der Waals surface area contributed by atoms with E-state index in [4.69, 9.17) is 0 Å². The van der Waals surface area contributed by atoms with Crippen LogP contribution in [0.1, 0.15) is 37.5 Å². The van der Waals surface area contributed by atoms with Gasteiger partial charge in [-0.3, -0.25) is 14.6 Å². The molecule has 5 nitrogen and oxygen atoms in total. The lowest BCUT2D eigenvalue weighted by atomic mass is 10.1. The summed E-state index contributed by atoms with van der Waals surface area (Å²) in [6.07, 6.45) is 1.68. The zero-order valence-electron chi connectivity index (χ0n) is 15.1. The summed E-state index contributed by atoms with van der Waals surface area (Å²) >= 11 is 0. The fourth-order valence-corrected chi connectivity index (χ4v) is 2.66. The Balaban J connectivity index is 1.61. The van der Waals surface area contributed by atoms with Gasteiger partial charge in [-0.2, -0.15) is 0 Å². The van der Waals surface area contributed by atoms with Gasteiger partial charge in [0.1, 0.15) is 0 Å². The fraction of sp³-hybridized carbons (Fsp3) is 0.136. The molecule has 0 fully saturated rings. The summed E-state index contributed by atoms with van der Waals surface area (Å²) in [4.78, 5) is 28.9. The maximum absolute atomic E-state index is 12.4. The van der Waals surface area contributed by atoms with Crippen LogP contribution in [0.25, 0.3) is 0 Å². The maximum atomic E-state index is 12.4. The Kier molecular flexibility index (Phi) is 5.94. The number of rotatable bonds is 6. The van der Waals surface area contributed by atoms with Gasteiger partial charge in [0.05, 0.1) is 12.2 Å². The molecule has 3 aromatic rings. The number of aryl methyl sites for hydroxylation is 1. The molecule has 5 heteroatoms. The molecule has 27 heavy (non-hydrogen) atoms. The predicted octanol–water partition coefficient (Wildman–Crippen LogP) is 3.25. The molecule has 1 aromatic heterocycles. The van der Waals surface area contributed by atoms with Crippen molar-refractivity contribution in [1.29, 1.82) is 0 Å². The van der Waals surface area contributed by atoms with Crippen molar-refractivity contribution in [2.45, 2.75) is 20.0 Å². The Labute approximate surface area is 158 Å². The third kappa shape index (κ3) is 5.01. The van der Waals surface area contributed by atoms with Crippen molar-refractivity contribution < 1.29 is 9.59 Å². The molecule has 0 atom stereocenters. The molecule has 2 aromatic carbocycles. The summed E-state index contributed by atoms with van der Waals surface area (Å²) in [7, 11) is 0. The van der Waals surface area contributed by atoms with Crippen LogP contribution >= 0.6 is 0 Å². The number of amides is 2. The topological polar surface area (TPSA) is 71.1 Å². The molecule has 0 bridgehead atoms. The molecular weight excluding hydrogens is 338 g/mol. The molecule has 3 rings (SSSR count). The Morgan fingerprint density at radius 1 is 0.815 bits per heavy atom. The van der Waals surface area contributed by atoms with Gasteiger partial charge in [-0.1, -0.05) is 36.4 Å². The second-order valence-corrected chi connectivity index (χ2v) is 6.19. The number of pyridine rings is 1. The average Bonchev–Trinajstić information content (AvgIpc) is 2.72. The van der Waals surface area contributed by atoms with Crippen LogP contribution in [-0.2, 0) is 13.1 Å². The molecule has 0 aliphatic carbocycles. The van der Waals surface area contributed by atoms with E-state index in [9.17, 15) is 9.59 Å². The molecular formula is C22H21N3O2. The Hall–Kier alpha value is -3.47. The third-order valence-corrected chi connectivity index (χ3v) is 4.24. The van der Waals surface area contributed by atoms with Gasteiger partial charge in [0, 0.05) is 23.9 Å². The number of benzene rings is 2. The van der Waals surface area contributed by atoms with Crippen LogP contribution in [0.4, 0.5) is 0 Å². The van der Waals surface area contributed by atoms with Crippen LogP contribution in [0, 0.1) is 6.92 Å². The van der Waals surface area contributed by atoms with Gasteiger partial charge in [-0.05, 0) is 48.4 Å². The monoisotopic (exact) mass is 359 g/mol. The van der Waals surface area contributed by atoms with Gasteiger partial charge in [-0.25, -0.2) is 0 Å². The minimum atomic E-state index is -0.241. The highest BCUT2D eigenvalue weighted by Crippen LogP contribution is 2.09. The maximum Gasteiger partial charge on any atom is 0.251 e. The van der Waals surface area contributed by atoms with Crippen molar-refractivity contribution in [2.24, 2.45) is 0 Å². The van der Waals surface area contributed by atoms with Gasteiger partial charge < -0.3 is 10.6 Å². The SMILES string of the molecule is Cc1ccccc1CNC(=O)c1cccc(C(=O)NCc2ccccn2)c1. The lowest BCUT2D eigenvalue weighted by Gasteiger charge is -2.09. The van der Waals surface area contributed by atoms with Gasteiger partial charge in [0.2, 0.25) is 0 Å². The standard InChI is InChI=1S/C22H21N3O2/c1-16-7-2-3-8-19(16)14-24-21(26)17-9-6-10-18(13-17)22(27)25-15-20-11-4-5-12-23-20/h2-13H,14-15H2,1H3,(H,24,26)(H,25,27). The highest BCUT2D eigenvalue weighted by atomic mass is 16.2. The summed E-state index contributed by atoms with van der Waals surface area (Å²) in [5, 5.41) is 5.71. The van der Waals surface area contributed by atoms with Crippen LogP contribution in [0.3, 0.4) is 0 Å². The Morgan fingerprint density at radius 2 is 1.48 bits per heavy atom. The van der Waals surface area contributed by atoms with Gasteiger partial charge in [0.25, 0.3) is 11.8 Å². The van der Waals surface area contributed by atoms with Crippen LogP contribution in [0.2, 0.25) is 0 Å². The quantitative estimate of drug-likeness (QED) is 0.710. The number of nitrogens with one attached hydrogen (secondary N) is 2. The molecule has 0 saturated heterocycles. The minimum absolute atomic E-state index is 0.211. The van der Waals surface area contributed by atoms with Crippen molar-refractivity contribution in [1.82, 2.24) is 15.6 Å². The van der Waals surface area contributed by atoms with Gasteiger partial charge in [-0.15, -0.1) is 0 Å².